The molecule has 8 aromatic rings. The van der Waals surface area contributed by atoms with Gasteiger partial charge in [-0.15, -0.1) is 0 Å². The first-order chi connectivity index (χ1) is 21.2. The quantitative estimate of drug-likeness (QED) is 0.213. The molecule has 0 radical (unpaired) electrons. The van der Waals surface area contributed by atoms with E-state index in [1.165, 1.54) is 0 Å². The summed E-state index contributed by atoms with van der Waals surface area (Å²) in [7, 11) is 0. The standard InChI is InChI=1S/C38H25N3O2/c42-35-19-9-12-24-11-8-17-32(37(24)35)39-23-26-20-25-10-4-5-15-28(25)38(40-26)31-21-34-30(22-36(31)43)29-16-6-7-18-33(29)41(34)27-13-2-1-3-14-27/h1-23,42-43H. The van der Waals surface area contributed by atoms with E-state index in [9.17, 15) is 10.2 Å². The molecule has 8 rings (SSSR count). The van der Waals surface area contributed by atoms with Gasteiger partial charge in [-0.3, -0.25) is 4.99 Å². The number of hydrogen-bond donors (Lipinski definition) is 2. The van der Waals surface area contributed by atoms with E-state index in [0.717, 1.165) is 43.7 Å². The van der Waals surface area contributed by atoms with E-state index < -0.39 is 0 Å². The second-order valence-electron chi connectivity index (χ2n) is 10.6. The lowest BCUT2D eigenvalue weighted by atomic mass is 10.0. The number of phenolic OH excluding ortho intramolecular Hbond substituents is 2. The van der Waals surface area contributed by atoms with E-state index in [-0.39, 0.29) is 11.5 Å². The summed E-state index contributed by atoms with van der Waals surface area (Å²) in [5.41, 5.74) is 5.70. The molecule has 0 aliphatic carbocycles. The van der Waals surface area contributed by atoms with Gasteiger partial charge in [0.15, 0.2) is 0 Å². The first-order valence-electron chi connectivity index (χ1n) is 14.1. The monoisotopic (exact) mass is 555 g/mol. The molecule has 2 heterocycles. The highest BCUT2D eigenvalue weighted by Gasteiger charge is 2.18. The number of benzene rings is 6. The molecule has 0 amide bonds. The normalized spacial score (nSPS) is 11.8. The molecule has 0 saturated heterocycles. The Hall–Kier alpha value is -5.94. The van der Waals surface area contributed by atoms with Gasteiger partial charge >= 0.3 is 0 Å². The first kappa shape index (κ1) is 24.8. The van der Waals surface area contributed by atoms with E-state index in [1.54, 1.807) is 12.3 Å². The van der Waals surface area contributed by atoms with Crippen molar-refractivity contribution in [3.63, 3.8) is 0 Å². The molecule has 2 N–H and O–H groups in total. The number of para-hydroxylation sites is 2. The number of nitrogens with zero attached hydrogens (tertiary/aromatic N) is 3. The minimum absolute atomic E-state index is 0.161. The van der Waals surface area contributed by atoms with E-state index >= 15 is 0 Å². The van der Waals surface area contributed by atoms with Crippen LogP contribution in [0, 0.1) is 0 Å². The molecule has 43 heavy (non-hydrogen) atoms. The van der Waals surface area contributed by atoms with Crippen LogP contribution < -0.4 is 0 Å². The average Bonchev–Trinajstić information content (AvgIpc) is 3.36. The number of pyridine rings is 1. The predicted octanol–water partition coefficient (Wildman–Crippen LogP) is 9.31. The molecule has 6 aromatic carbocycles. The summed E-state index contributed by atoms with van der Waals surface area (Å²) in [5.74, 6) is 0.346. The molecule has 0 saturated carbocycles. The van der Waals surface area contributed by atoms with Crippen molar-refractivity contribution in [1.82, 2.24) is 9.55 Å². The van der Waals surface area contributed by atoms with Crippen LogP contribution in [0.4, 0.5) is 5.69 Å². The van der Waals surface area contributed by atoms with Crippen molar-refractivity contribution in [1.29, 1.82) is 0 Å². The third-order valence-corrected chi connectivity index (χ3v) is 8.02. The molecule has 2 aromatic heterocycles. The highest BCUT2D eigenvalue weighted by Crippen LogP contribution is 2.41. The minimum Gasteiger partial charge on any atom is -0.507 e. The summed E-state index contributed by atoms with van der Waals surface area (Å²) in [6, 6.07) is 43.6. The zero-order chi connectivity index (χ0) is 28.9. The molecule has 5 nitrogen and oxygen atoms in total. The third-order valence-electron chi connectivity index (χ3n) is 8.02. The second-order valence-corrected chi connectivity index (χ2v) is 10.6. The van der Waals surface area contributed by atoms with Crippen LogP contribution in [0.3, 0.4) is 0 Å². The molecule has 5 heteroatoms. The molecule has 0 aliphatic rings. The summed E-state index contributed by atoms with van der Waals surface area (Å²) in [6.45, 7) is 0. The number of rotatable bonds is 4. The lowest BCUT2D eigenvalue weighted by molar-refractivity contribution is 0.478. The summed E-state index contributed by atoms with van der Waals surface area (Å²) in [4.78, 5) is 9.78. The lowest BCUT2D eigenvalue weighted by Gasteiger charge is -2.12. The van der Waals surface area contributed by atoms with Gasteiger partial charge in [0.25, 0.3) is 0 Å². The highest BCUT2D eigenvalue weighted by molar-refractivity contribution is 6.12. The molecule has 0 bridgehead atoms. The van der Waals surface area contributed by atoms with Crippen LogP contribution in [-0.2, 0) is 0 Å². The van der Waals surface area contributed by atoms with Crippen LogP contribution in [-0.4, -0.2) is 26.0 Å². The van der Waals surface area contributed by atoms with Crippen LogP contribution in [0.5, 0.6) is 11.5 Å². The van der Waals surface area contributed by atoms with Crippen LogP contribution in [0.15, 0.2) is 138 Å². The number of aliphatic imine (C=N–C) groups is 1. The van der Waals surface area contributed by atoms with Gasteiger partial charge in [-0.25, -0.2) is 4.98 Å². The van der Waals surface area contributed by atoms with E-state index in [1.807, 2.05) is 103 Å². The zero-order valence-corrected chi connectivity index (χ0v) is 23.0. The van der Waals surface area contributed by atoms with Crippen molar-refractivity contribution in [2.45, 2.75) is 0 Å². The van der Waals surface area contributed by atoms with Crippen molar-refractivity contribution in [2.75, 3.05) is 0 Å². The fourth-order valence-electron chi connectivity index (χ4n) is 6.08. The van der Waals surface area contributed by atoms with E-state index in [4.69, 9.17) is 9.98 Å². The Morgan fingerprint density at radius 3 is 2.16 bits per heavy atom. The fraction of sp³-hybridized carbons (Fsp3) is 0. The van der Waals surface area contributed by atoms with Crippen LogP contribution in [0.2, 0.25) is 0 Å². The molecular formula is C38H25N3O2. The molecule has 0 atom stereocenters. The predicted molar refractivity (Wildman–Crippen MR) is 176 cm³/mol. The molecule has 0 spiro atoms. The average molecular weight is 556 g/mol. The Balaban J connectivity index is 1.35. The Morgan fingerprint density at radius 1 is 0.581 bits per heavy atom. The zero-order valence-electron chi connectivity index (χ0n) is 23.0. The largest absolute Gasteiger partial charge is 0.507 e. The maximum Gasteiger partial charge on any atom is 0.125 e. The maximum atomic E-state index is 11.5. The van der Waals surface area contributed by atoms with Crippen molar-refractivity contribution in [2.24, 2.45) is 4.99 Å². The third kappa shape index (κ3) is 4.10. The summed E-state index contributed by atoms with van der Waals surface area (Å²) >= 11 is 0. The van der Waals surface area contributed by atoms with Gasteiger partial charge in [0.05, 0.1) is 34.3 Å². The van der Waals surface area contributed by atoms with Gasteiger partial charge in [-0.2, -0.15) is 0 Å². The summed E-state index contributed by atoms with van der Waals surface area (Å²) in [6.07, 6.45) is 1.72. The van der Waals surface area contributed by atoms with Gasteiger partial charge in [-0.1, -0.05) is 84.9 Å². The number of aromatic nitrogens is 2. The molecule has 0 fully saturated rings. The first-order valence-corrected chi connectivity index (χ1v) is 14.1. The summed E-state index contributed by atoms with van der Waals surface area (Å²) < 4.78 is 2.23. The Morgan fingerprint density at radius 2 is 1.30 bits per heavy atom. The second kappa shape index (κ2) is 9.86. The number of phenols is 2. The maximum absolute atomic E-state index is 11.5. The Bertz CT molecular complexity index is 2370. The van der Waals surface area contributed by atoms with Crippen LogP contribution in [0.1, 0.15) is 5.69 Å². The topological polar surface area (TPSA) is 70.6 Å². The van der Waals surface area contributed by atoms with Gasteiger partial charge in [0.2, 0.25) is 0 Å². The van der Waals surface area contributed by atoms with Crippen LogP contribution >= 0.6 is 0 Å². The fourth-order valence-corrected chi connectivity index (χ4v) is 6.08. The van der Waals surface area contributed by atoms with Crippen molar-refractivity contribution < 1.29 is 10.2 Å². The van der Waals surface area contributed by atoms with Crippen molar-refractivity contribution >= 4 is 55.3 Å². The van der Waals surface area contributed by atoms with Gasteiger partial charge in [0.1, 0.15) is 11.5 Å². The number of fused-ring (bicyclic) bond motifs is 5. The summed E-state index contributed by atoms with van der Waals surface area (Å²) in [5, 5.41) is 27.6. The van der Waals surface area contributed by atoms with E-state index in [0.29, 0.717) is 28.0 Å². The Labute approximate surface area is 247 Å². The molecule has 0 unspecified atom stereocenters. The Kier molecular flexibility index (Phi) is 5.69. The van der Waals surface area contributed by atoms with Gasteiger partial charge < -0.3 is 14.8 Å². The number of hydrogen-bond acceptors (Lipinski definition) is 4. The number of aromatic hydroxyl groups is 2. The minimum atomic E-state index is 0.161. The van der Waals surface area contributed by atoms with E-state index in [2.05, 4.69) is 28.8 Å². The molecular weight excluding hydrogens is 530 g/mol. The molecule has 0 aliphatic heterocycles. The smallest absolute Gasteiger partial charge is 0.125 e. The van der Waals surface area contributed by atoms with Crippen molar-refractivity contribution in [3.05, 3.63) is 139 Å². The van der Waals surface area contributed by atoms with Crippen LogP contribution in [0.25, 0.3) is 60.3 Å². The highest BCUT2D eigenvalue weighted by atomic mass is 16.3. The lowest BCUT2D eigenvalue weighted by Crippen LogP contribution is -1.96. The molecule has 204 valence electrons. The van der Waals surface area contributed by atoms with Gasteiger partial charge in [-0.05, 0) is 59.3 Å². The van der Waals surface area contributed by atoms with Gasteiger partial charge in [0, 0.05) is 32.8 Å². The van der Waals surface area contributed by atoms with Crippen molar-refractivity contribution in [3.8, 4) is 28.4 Å². The SMILES string of the molecule is Oc1cc2c3ccccc3n(-c3ccccc3)c2cc1-c1nc(C=Nc2cccc3cccc(O)c23)cc2ccccc12.